The number of hydrogen-bond acceptors (Lipinski definition) is 9. The third-order valence-electron chi connectivity index (χ3n) is 9.25. The highest BCUT2D eigenvalue weighted by molar-refractivity contribution is 6.30. The predicted octanol–water partition coefficient (Wildman–Crippen LogP) is 7.24. The van der Waals surface area contributed by atoms with Crippen LogP contribution in [0.25, 0.3) is 22.6 Å². The van der Waals surface area contributed by atoms with Crippen LogP contribution in [0, 0.1) is 11.6 Å². The van der Waals surface area contributed by atoms with Crippen LogP contribution in [0.15, 0.2) is 47.1 Å². The van der Waals surface area contributed by atoms with E-state index in [4.69, 9.17) is 30.8 Å². The Hall–Kier alpha value is -4.34. The molecular formula is C33H28ClF5N6O4. The van der Waals surface area contributed by atoms with Crippen LogP contribution in [0.2, 0.25) is 5.02 Å². The number of hydrogen-bond donors (Lipinski definition) is 0. The zero-order valence-corrected chi connectivity index (χ0v) is 26.7. The molecule has 2 atom stereocenters. The van der Waals surface area contributed by atoms with Crippen molar-refractivity contribution in [1.29, 1.82) is 0 Å². The topological polar surface area (TPSA) is 101 Å². The number of ether oxygens (including phenoxy) is 3. The highest BCUT2D eigenvalue weighted by Crippen LogP contribution is 2.50. The number of piperidine rings is 1. The first-order valence-electron chi connectivity index (χ1n) is 15.7. The Morgan fingerprint density at radius 2 is 1.82 bits per heavy atom. The first-order chi connectivity index (χ1) is 23.4. The molecule has 256 valence electrons. The molecule has 0 spiro atoms. The van der Waals surface area contributed by atoms with Gasteiger partial charge in [0.25, 0.3) is 5.79 Å². The fourth-order valence-electron chi connectivity index (χ4n) is 6.67. The maximum Gasteiger partial charge on any atom is 0.471 e. The summed E-state index contributed by atoms with van der Waals surface area (Å²) in [5, 5.41) is 3.68. The molecule has 2 aromatic carbocycles. The van der Waals surface area contributed by atoms with Gasteiger partial charge in [-0.25, -0.2) is 13.8 Å². The van der Waals surface area contributed by atoms with Gasteiger partial charge in [0.2, 0.25) is 5.82 Å². The quantitative estimate of drug-likeness (QED) is 0.163. The third kappa shape index (κ3) is 5.97. The zero-order valence-electron chi connectivity index (χ0n) is 25.9. The van der Waals surface area contributed by atoms with Crippen LogP contribution in [0.5, 0.6) is 11.5 Å². The van der Waals surface area contributed by atoms with Crippen molar-refractivity contribution >= 4 is 22.6 Å². The molecule has 0 aliphatic carbocycles. The Morgan fingerprint density at radius 1 is 1.02 bits per heavy atom. The van der Waals surface area contributed by atoms with Gasteiger partial charge in [-0.2, -0.15) is 18.2 Å². The van der Waals surface area contributed by atoms with E-state index in [1.54, 1.807) is 25.3 Å². The van der Waals surface area contributed by atoms with Crippen LogP contribution in [0.3, 0.4) is 0 Å². The summed E-state index contributed by atoms with van der Waals surface area (Å²) in [4.78, 5) is 14.9. The fourth-order valence-corrected chi connectivity index (χ4v) is 6.83. The molecule has 3 aliphatic heterocycles. The van der Waals surface area contributed by atoms with Crippen LogP contribution < -0.4 is 9.47 Å². The van der Waals surface area contributed by atoms with Crippen LogP contribution in [-0.2, 0) is 29.8 Å². The van der Waals surface area contributed by atoms with Crippen molar-refractivity contribution in [3.63, 3.8) is 0 Å². The van der Waals surface area contributed by atoms with Gasteiger partial charge < -0.3 is 23.3 Å². The van der Waals surface area contributed by atoms with E-state index in [9.17, 15) is 22.0 Å². The molecule has 2 fully saturated rings. The minimum atomic E-state index is -4.77. The molecule has 49 heavy (non-hydrogen) atoms. The number of rotatable bonds is 7. The molecule has 2 saturated heterocycles. The van der Waals surface area contributed by atoms with E-state index < -0.39 is 29.5 Å². The first kappa shape index (κ1) is 31.9. The number of alkyl halides is 3. The Kier molecular flexibility index (Phi) is 7.76. The summed E-state index contributed by atoms with van der Waals surface area (Å²) in [6.07, 6.45) is -0.950. The van der Waals surface area contributed by atoms with Gasteiger partial charge in [0, 0.05) is 30.2 Å². The van der Waals surface area contributed by atoms with Crippen molar-refractivity contribution in [2.24, 2.45) is 0 Å². The third-order valence-corrected chi connectivity index (χ3v) is 9.49. The Bertz CT molecular complexity index is 2060. The van der Waals surface area contributed by atoms with E-state index in [1.165, 1.54) is 24.3 Å². The monoisotopic (exact) mass is 702 g/mol. The van der Waals surface area contributed by atoms with Gasteiger partial charge in [-0.1, -0.05) is 16.8 Å². The SMILES string of the molecule is CC1(c2ccc(Cl)cc2F)Oc2cc(F)cc(C3CCN(Cc4nc5cc(-c6noc(C(F)(F)F)n6)ncc5n4C[C@@H]4CCO4)CC3)c2O1. The summed E-state index contributed by atoms with van der Waals surface area (Å²) in [6.45, 7) is 4.62. The lowest BCUT2D eigenvalue weighted by Gasteiger charge is -2.33. The Balaban J connectivity index is 1.01. The summed E-state index contributed by atoms with van der Waals surface area (Å²) in [6, 6.07) is 8.47. The number of nitrogens with zero attached hydrogens (tertiary/aromatic N) is 6. The lowest BCUT2D eigenvalue weighted by atomic mass is 9.88. The molecule has 5 aromatic rings. The summed E-state index contributed by atoms with van der Waals surface area (Å²) in [5.74, 6) is -3.00. The fraction of sp³-hybridized carbons (Fsp3) is 0.394. The highest BCUT2D eigenvalue weighted by Gasteiger charge is 2.44. The summed E-state index contributed by atoms with van der Waals surface area (Å²) in [7, 11) is 0. The van der Waals surface area contributed by atoms with Crippen LogP contribution in [-0.4, -0.2) is 55.4 Å². The molecule has 0 saturated carbocycles. The predicted molar refractivity (Wildman–Crippen MR) is 164 cm³/mol. The molecule has 3 aromatic heterocycles. The normalized spacial score (nSPS) is 21.4. The summed E-state index contributed by atoms with van der Waals surface area (Å²) < 4.78 is 93.2. The Labute approximate surface area is 280 Å². The largest absolute Gasteiger partial charge is 0.471 e. The van der Waals surface area contributed by atoms with Crippen LogP contribution >= 0.6 is 11.6 Å². The standard InChI is InChI=1S/C33H28ClF5N6O4/c1-32(22-3-2-18(34)10-23(22)36)47-27-12-19(35)11-21(29(27)48-32)17-4-7-44(8-5-17)16-28-41-24-13-25(30-42-31(49-43-30)33(37,38)39)40-14-26(24)45(28)15-20-6-9-46-20/h2-3,10-14,17,20H,4-9,15-16H2,1H3/t20-,32?/m0/s1. The van der Waals surface area contributed by atoms with Crippen molar-refractivity contribution < 1.29 is 40.7 Å². The minimum Gasteiger partial charge on any atom is -0.444 e. The molecule has 16 heteroatoms. The lowest BCUT2D eigenvalue weighted by molar-refractivity contribution is -0.159. The molecule has 8 rings (SSSR count). The zero-order chi connectivity index (χ0) is 34.1. The van der Waals surface area contributed by atoms with E-state index in [-0.39, 0.29) is 39.9 Å². The number of aromatic nitrogens is 5. The minimum absolute atomic E-state index is 0.0115. The van der Waals surface area contributed by atoms with Crippen LogP contribution in [0.4, 0.5) is 22.0 Å². The van der Waals surface area contributed by atoms with E-state index >= 15 is 0 Å². The molecule has 10 nitrogen and oxygen atoms in total. The number of benzene rings is 2. The van der Waals surface area contributed by atoms with Crippen molar-refractivity contribution in [2.45, 2.75) is 63.3 Å². The second-order valence-corrected chi connectivity index (χ2v) is 13.0. The number of imidazole rings is 1. The van der Waals surface area contributed by atoms with Gasteiger partial charge in [0.1, 0.15) is 23.2 Å². The highest BCUT2D eigenvalue weighted by atomic mass is 35.5. The average Bonchev–Trinajstić information content (AvgIpc) is 3.74. The molecule has 0 amide bonds. The summed E-state index contributed by atoms with van der Waals surface area (Å²) >= 11 is 5.94. The van der Waals surface area contributed by atoms with Gasteiger partial charge in [-0.05, 0) is 68.6 Å². The van der Waals surface area contributed by atoms with Crippen LogP contribution in [0.1, 0.15) is 54.9 Å². The van der Waals surface area contributed by atoms with Gasteiger partial charge in [-0.3, -0.25) is 9.88 Å². The second kappa shape index (κ2) is 11.9. The number of likely N-dealkylation sites (tertiary alicyclic amines) is 1. The second-order valence-electron chi connectivity index (χ2n) is 12.5. The molecule has 1 unspecified atom stereocenters. The van der Waals surface area contributed by atoms with Crippen molar-refractivity contribution in [1.82, 2.24) is 29.6 Å². The summed E-state index contributed by atoms with van der Waals surface area (Å²) in [5.41, 5.74) is 2.15. The van der Waals surface area contributed by atoms with Crippen molar-refractivity contribution in [2.75, 3.05) is 19.7 Å². The van der Waals surface area contributed by atoms with Gasteiger partial charge in [0.15, 0.2) is 11.5 Å². The Morgan fingerprint density at radius 3 is 2.51 bits per heavy atom. The van der Waals surface area contributed by atoms with E-state index in [2.05, 4.69) is 24.5 Å². The average molecular weight is 703 g/mol. The molecule has 6 heterocycles. The number of fused-ring (bicyclic) bond motifs is 2. The number of pyridine rings is 1. The molecule has 0 radical (unpaired) electrons. The van der Waals surface area contributed by atoms with E-state index in [0.29, 0.717) is 68.0 Å². The van der Waals surface area contributed by atoms with Gasteiger partial charge in [0.05, 0.1) is 42.0 Å². The van der Waals surface area contributed by atoms with E-state index in [1.807, 2.05) is 4.57 Å². The first-order valence-corrected chi connectivity index (χ1v) is 16.1. The molecule has 0 bridgehead atoms. The van der Waals surface area contributed by atoms with Gasteiger partial charge >= 0.3 is 12.1 Å². The molecular weight excluding hydrogens is 675 g/mol. The number of halogens is 6. The molecule has 3 aliphatic rings. The van der Waals surface area contributed by atoms with E-state index in [0.717, 1.165) is 12.2 Å². The van der Waals surface area contributed by atoms with Gasteiger partial charge in [-0.15, -0.1) is 0 Å². The van der Waals surface area contributed by atoms with Crippen molar-refractivity contribution in [3.8, 4) is 23.0 Å². The van der Waals surface area contributed by atoms with Crippen molar-refractivity contribution in [3.05, 3.63) is 82.1 Å². The smallest absolute Gasteiger partial charge is 0.444 e. The maximum absolute atomic E-state index is 14.9. The maximum atomic E-state index is 14.9. The lowest BCUT2D eigenvalue weighted by Crippen LogP contribution is -2.35. The molecule has 0 N–H and O–H groups in total.